The largest absolute Gasteiger partial charge is 0.508 e. The number of carbonyl (C=O) groups excluding carboxylic acids is 5. The summed E-state index contributed by atoms with van der Waals surface area (Å²) >= 11 is 0. The minimum absolute atomic E-state index is 0.0701. The zero-order valence-corrected chi connectivity index (χ0v) is 34.8. The molecule has 1 saturated carbocycles. The number of hydrogen-bond acceptors (Lipinski definition) is 10. The summed E-state index contributed by atoms with van der Waals surface area (Å²) in [6.07, 6.45) is 3.65. The van der Waals surface area contributed by atoms with Gasteiger partial charge >= 0.3 is 18.0 Å². The highest BCUT2D eigenvalue weighted by Gasteiger charge is 2.75. The second-order valence-corrected chi connectivity index (χ2v) is 17.0. The number of rotatable bonds is 7. The molecule has 1 spiro atoms. The molecule has 8 rings (SSSR count). The Bertz CT molecular complexity index is 2440. The summed E-state index contributed by atoms with van der Waals surface area (Å²) in [6.45, 7) is 3.43. The molecule has 7 unspecified atom stereocenters. The van der Waals surface area contributed by atoms with Crippen LogP contribution < -0.4 is 16.0 Å². The molecule has 3 heterocycles. The molecule has 2 saturated heterocycles. The maximum atomic E-state index is 16.1. The van der Waals surface area contributed by atoms with Crippen molar-refractivity contribution in [3.63, 3.8) is 0 Å². The standard InChI is InChI=1S/C49H50N4O9/c1-29(2)38(44(56)61-3)51-47(59)52-36-23-18-30(24-27-48(60)25-12-4-5-13-26-48)28-35(36)49(46(52)58)37(43(50)55)40-45(57)62-41(32-16-10-7-11-17-32)39(31-14-8-6-9-15-31)53(40)42(49)33-19-21-34(54)22-20-33/h6-11,14-23,28-29,37-42,54,60H,4-5,12-13,25-26H2,1-3H3,(H2,50,55)(H,51,59). The smallest absolute Gasteiger partial charge is 0.329 e. The first-order chi connectivity index (χ1) is 29.8. The summed E-state index contributed by atoms with van der Waals surface area (Å²) in [5.74, 6) is 0.664. The number of nitrogens with one attached hydrogen (secondary N) is 1. The van der Waals surface area contributed by atoms with Gasteiger partial charge in [0, 0.05) is 5.56 Å². The molecule has 13 nitrogen and oxygen atoms in total. The van der Waals surface area contributed by atoms with Crippen molar-refractivity contribution in [2.75, 3.05) is 12.0 Å². The van der Waals surface area contributed by atoms with Crippen LogP contribution in [0.2, 0.25) is 0 Å². The first kappa shape index (κ1) is 42.2. The lowest BCUT2D eigenvalue weighted by atomic mass is 9.65. The van der Waals surface area contributed by atoms with Crippen molar-refractivity contribution in [1.29, 1.82) is 0 Å². The van der Waals surface area contributed by atoms with Crippen molar-refractivity contribution in [2.24, 2.45) is 17.6 Å². The van der Waals surface area contributed by atoms with E-state index in [-0.39, 0.29) is 17.0 Å². The molecule has 4 aromatic carbocycles. The van der Waals surface area contributed by atoms with Gasteiger partial charge in [-0.15, -0.1) is 0 Å². The van der Waals surface area contributed by atoms with Gasteiger partial charge in [-0.05, 0) is 84.2 Å². The van der Waals surface area contributed by atoms with E-state index in [4.69, 9.17) is 15.2 Å². The Labute approximate surface area is 360 Å². The van der Waals surface area contributed by atoms with E-state index in [0.717, 1.165) is 30.6 Å². The quantitative estimate of drug-likeness (QED) is 0.0994. The summed E-state index contributed by atoms with van der Waals surface area (Å²) in [6, 6.07) is 23.8. The third kappa shape index (κ3) is 7.16. The maximum absolute atomic E-state index is 16.1. The van der Waals surface area contributed by atoms with Crippen LogP contribution in [0.5, 0.6) is 5.75 Å². The number of primary amides is 1. The van der Waals surface area contributed by atoms with Crippen LogP contribution in [-0.4, -0.2) is 69.7 Å². The van der Waals surface area contributed by atoms with Crippen LogP contribution in [0, 0.1) is 23.7 Å². The van der Waals surface area contributed by atoms with Crippen LogP contribution in [0.1, 0.15) is 98.4 Å². The average molecular weight is 839 g/mol. The Morgan fingerprint density at radius 3 is 2.08 bits per heavy atom. The molecule has 0 aromatic heterocycles. The second-order valence-electron chi connectivity index (χ2n) is 17.0. The highest BCUT2D eigenvalue weighted by atomic mass is 16.6. The highest BCUT2D eigenvalue weighted by molar-refractivity contribution is 6.25. The number of morpholine rings is 1. The van der Waals surface area contributed by atoms with Gasteiger partial charge < -0.3 is 30.7 Å². The highest BCUT2D eigenvalue weighted by Crippen LogP contribution is 2.65. The monoisotopic (exact) mass is 838 g/mol. The molecule has 4 aliphatic rings. The summed E-state index contributed by atoms with van der Waals surface area (Å²) in [4.78, 5) is 75.8. The van der Waals surface area contributed by atoms with Gasteiger partial charge in [-0.25, -0.2) is 14.5 Å². The molecular formula is C49H50N4O9. The minimum atomic E-state index is -2.12. The van der Waals surface area contributed by atoms with Crippen LogP contribution in [0.4, 0.5) is 10.5 Å². The topological polar surface area (TPSA) is 189 Å². The van der Waals surface area contributed by atoms with Gasteiger partial charge in [-0.1, -0.05) is 111 Å². The number of phenols is 1. The number of aromatic hydroxyl groups is 1. The number of phenolic OH excluding ortho intramolecular Hbond substituents is 1. The third-order valence-electron chi connectivity index (χ3n) is 12.9. The lowest BCUT2D eigenvalue weighted by Gasteiger charge is -2.46. The number of nitrogens with zero attached hydrogens (tertiary/aromatic N) is 2. The second kappa shape index (κ2) is 16.8. The molecule has 7 atom stereocenters. The van der Waals surface area contributed by atoms with E-state index in [2.05, 4.69) is 17.2 Å². The predicted molar refractivity (Wildman–Crippen MR) is 228 cm³/mol. The summed E-state index contributed by atoms with van der Waals surface area (Å²) in [5.41, 5.74) is 5.53. The molecule has 13 heteroatoms. The number of urea groups is 1. The predicted octanol–water partition coefficient (Wildman–Crippen LogP) is 5.89. The molecule has 4 aromatic rings. The Hall–Kier alpha value is -6.49. The van der Waals surface area contributed by atoms with Crippen LogP contribution in [0.25, 0.3) is 0 Å². The molecule has 4 amide bonds. The van der Waals surface area contributed by atoms with Crippen molar-refractivity contribution in [1.82, 2.24) is 10.2 Å². The van der Waals surface area contributed by atoms with Crippen LogP contribution in [0.15, 0.2) is 103 Å². The Kier molecular flexibility index (Phi) is 11.4. The number of fused-ring (bicyclic) bond motifs is 3. The first-order valence-electron chi connectivity index (χ1n) is 21.1. The lowest BCUT2D eigenvalue weighted by Crippen LogP contribution is -2.57. The Balaban J connectivity index is 1.42. The zero-order chi connectivity index (χ0) is 43.9. The number of nitrogens with two attached hydrogens (primary N) is 1. The van der Waals surface area contributed by atoms with Crippen molar-refractivity contribution in [3.05, 3.63) is 131 Å². The summed E-state index contributed by atoms with van der Waals surface area (Å²) in [5, 5.41) is 24.8. The van der Waals surface area contributed by atoms with Crippen molar-refractivity contribution in [3.8, 4) is 17.6 Å². The number of hydrogen-bond donors (Lipinski definition) is 4. The summed E-state index contributed by atoms with van der Waals surface area (Å²) < 4.78 is 11.4. The average Bonchev–Trinajstić information content (AvgIpc) is 3.61. The van der Waals surface area contributed by atoms with Crippen LogP contribution >= 0.6 is 0 Å². The SMILES string of the molecule is COC(=O)C(NC(=O)N1C(=O)C2(c3cc(C#CC4(O)CCCCCC4)ccc31)C(C(N)=O)C1C(=O)OC(c3ccccc3)C(c3ccccc3)N1C2c1ccc(O)cc1)C(C)C. The molecular weight excluding hydrogens is 789 g/mol. The van der Waals surface area contributed by atoms with Gasteiger partial charge in [-0.2, -0.15) is 0 Å². The molecule has 5 N–H and O–H groups in total. The fourth-order valence-corrected chi connectivity index (χ4v) is 10.1. The number of esters is 2. The molecule has 3 fully saturated rings. The molecule has 3 aliphatic heterocycles. The number of cyclic esters (lactones) is 1. The molecule has 62 heavy (non-hydrogen) atoms. The van der Waals surface area contributed by atoms with E-state index < -0.39 is 82.9 Å². The van der Waals surface area contributed by atoms with Crippen molar-refractivity contribution in [2.45, 2.75) is 93.7 Å². The zero-order valence-electron chi connectivity index (χ0n) is 34.8. The van der Waals surface area contributed by atoms with Gasteiger partial charge in [0.15, 0.2) is 0 Å². The first-order valence-corrected chi connectivity index (χ1v) is 21.1. The number of amides is 4. The fraction of sp³-hybridized carbons (Fsp3) is 0.367. The Morgan fingerprint density at radius 1 is 0.855 bits per heavy atom. The van der Waals surface area contributed by atoms with Gasteiger partial charge in [0.05, 0.1) is 30.8 Å². The van der Waals surface area contributed by atoms with E-state index in [1.807, 2.05) is 65.6 Å². The molecule has 1 aliphatic carbocycles. The maximum Gasteiger partial charge on any atom is 0.329 e. The van der Waals surface area contributed by atoms with E-state index in [0.29, 0.717) is 35.1 Å². The number of carbonyl (C=O) groups is 5. The van der Waals surface area contributed by atoms with Gasteiger partial charge in [0.1, 0.15) is 35.0 Å². The normalized spacial score (nSPS) is 25.8. The van der Waals surface area contributed by atoms with Crippen molar-refractivity contribution >= 4 is 35.5 Å². The molecule has 0 bridgehead atoms. The van der Waals surface area contributed by atoms with Crippen molar-refractivity contribution < 1.29 is 43.7 Å². The fourth-order valence-electron chi connectivity index (χ4n) is 10.1. The number of methoxy groups -OCH3 is 1. The molecule has 0 radical (unpaired) electrons. The number of imide groups is 1. The van der Waals surface area contributed by atoms with Gasteiger partial charge in [0.2, 0.25) is 11.8 Å². The van der Waals surface area contributed by atoms with E-state index in [1.54, 1.807) is 44.2 Å². The van der Waals surface area contributed by atoms with Crippen LogP contribution in [0.3, 0.4) is 0 Å². The Morgan fingerprint density at radius 2 is 1.48 bits per heavy atom. The van der Waals surface area contributed by atoms with Gasteiger partial charge in [0.25, 0.3) is 0 Å². The van der Waals surface area contributed by atoms with Gasteiger partial charge in [-0.3, -0.25) is 19.3 Å². The van der Waals surface area contributed by atoms with E-state index in [1.165, 1.54) is 19.2 Å². The number of anilines is 1. The van der Waals surface area contributed by atoms with E-state index in [9.17, 15) is 29.4 Å². The van der Waals surface area contributed by atoms with Crippen LogP contribution in [-0.2, 0) is 34.1 Å². The minimum Gasteiger partial charge on any atom is -0.508 e. The number of benzene rings is 4. The number of aliphatic hydroxyl groups is 1. The molecule has 320 valence electrons. The number of ether oxygens (including phenoxy) is 2. The third-order valence-corrected chi connectivity index (χ3v) is 12.9. The summed E-state index contributed by atoms with van der Waals surface area (Å²) in [7, 11) is 1.20. The lowest BCUT2D eigenvalue weighted by molar-refractivity contribution is -0.178. The van der Waals surface area contributed by atoms with E-state index >= 15 is 4.79 Å².